The predicted molar refractivity (Wildman–Crippen MR) is 177 cm³/mol. The summed E-state index contributed by atoms with van der Waals surface area (Å²) in [5, 5.41) is 9.69. The largest absolute Gasteiger partial charge is 0.494 e. The lowest BCUT2D eigenvalue weighted by atomic mass is 9.82. The van der Waals surface area contributed by atoms with Crippen LogP contribution in [0.15, 0.2) is 100 Å². The van der Waals surface area contributed by atoms with E-state index in [1.807, 2.05) is 24.3 Å². The minimum absolute atomic E-state index is 0.00779. The Labute approximate surface area is 287 Å². The van der Waals surface area contributed by atoms with E-state index in [1.54, 1.807) is 42.5 Å². The summed E-state index contributed by atoms with van der Waals surface area (Å²) in [6, 6.07) is 24.0. The number of nitrogens with one attached hydrogen (secondary N) is 2. The van der Waals surface area contributed by atoms with Crippen molar-refractivity contribution in [1.29, 1.82) is 0 Å². The van der Waals surface area contributed by atoms with Gasteiger partial charge < -0.3 is 14.6 Å². The van der Waals surface area contributed by atoms with Gasteiger partial charge in [0.05, 0.1) is 12.2 Å². The Morgan fingerprint density at radius 3 is 2.49 bits per heavy atom. The first-order valence-corrected chi connectivity index (χ1v) is 16.0. The summed E-state index contributed by atoms with van der Waals surface area (Å²) in [6.45, 7) is 0.253. The second-order valence-corrected chi connectivity index (χ2v) is 12.4. The number of alkyl halides is 3. The smallest absolute Gasteiger partial charge is 0.416 e. The molecule has 2 atom stereocenters. The quantitative estimate of drug-likeness (QED) is 0.101. The minimum atomic E-state index is -4.51. The van der Waals surface area contributed by atoms with Crippen molar-refractivity contribution in [3.05, 3.63) is 133 Å². The number of rotatable bonds is 12. The van der Waals surface area contributed by atoms with E-state index in [0.29, 0.717) is 40.5 Å². The standard InChI is InChI=1S/C34H29BrCl2F3N3O4/c35-28-8-2-1-6-23(28)19-33(32(45)43-41-20-21-5-3-7-24(17-21)34(38,39)40)30(27-14-11-25(36)18-29(27)37)47-31(42-33)22-9-12-26(13-10-22)46-16-4-15-44/h1-3,5-14,17-18,30,41,44H,4,15-16,19-20H2,(H,43,45)/t30-,33-/m0/s1. The van der Waals surface area contributed by atoms with Gasteiger partial charge in [0.15, 0.2) is 11.6 Å². The lowest BCUT2D eigenvalue weighted by Crippen LogP contribution is -2.53. The van der Waals surface area contributed by atoms with Gasteiger partial charge in [-0.3, -0.25) is 10.2 Å². The highest BCUT2D eigenvalue weighted by Crippen LogP contribution is 2.45. The third-order valence-corrected chi connectivity index (χ3v) is 8.78. The number of nitrogens with zero attached hydrogens (tertiary/aromatic N) is 1. The van der Waals surface area contributed by atoms with Gasteiger partial charge in [0.25, 0.3) is 5.91 Å². The summed E-state index contributed by atoms with van der Waals surface area (Å²) >= 11 is 16.5. The van der Waals surface area contributed by atoms with Gasteiger partial charge in [0.1, 0.15) is 5.75 Å². The molecule has 1 heterocycles. The van der Waals surface area contributed by atoms with Crippen LogP contribution in [-0.4, -0.2) is 35.7 Å². The van der Waals surface area contributed by atoms with Crippen LogP contribution in [0.4, 0.5) is 13.2 Å². The molecule has 4 aromatic carbocycles. The molecule has 246 valence electrons. The Bertz CT molecular complexity index is 1760. The average molecular weight is 751 g/mol. The van der Waals surface area contributed by atoms with Crippen LogP contribution in [0.5, 0.6) is 5.75 Å². The maximum Gasteiger partial charge on any atom is 0.416 e. The van der Waals surface area contributed by atoms with E-state index in [4.69, 9.17) is 42.8 Å². The van der Waals surface area contributed by atoms with Crippen LogP contribution in [0.1, 0.15) is 40.3 Å². The molecule has 5 rings (SSSR count). The van der Waals surface area contributed by atoms with Crippen LogP contribution >= 0.6 is 39.1 Å². The van der Waals surface area contributed by atoms with Crippen LogP contribution in [0.3, 0.4) is 0 Å². The summed E-state index contributed by atoms with van der Waals surface area (Å²) in [7, 11) is 0. The summed E-state index contributed by atoms with van der Waals surface area (Å²) in [5.41, 5.74) is 5.08. The van der Waals surface area contributed by atoms with Crippen LogP contribution in [-0.2, 0) is 28.7 Å². The van der Waals surface area contributed by atoms with Crippen LogP contribution in [0.25, 0.3) is 0 Å². The second-order valence-electron chi connectivity index (χ2n) is 10.7. The molecule has 3 N–H and O–H groups in total. The van der Waals surface area contributed by atoms with Crippen LogP contribution < -0.4 is 15.6 Å². The van der Waals surface area contributed by atoms with Crippen molar-refractivity contribution in [1.82, 2.24) is 10.9 Å². The number of aliphatic hydroxyl groups excluding tert-OH is 1. The zero-order valence-electron chi connectivity index (χ0n) is 24.7. The third kappa shape index (κ3) is 8.28. The molecule has 0 saturated carbocycles. The van der Waals surface area contributed by atoms with E-state index in [9.17, 15) is 18.0 Å². The number of hydrazine groups is 1. The molecule has 0 aliphatic carbocycles. The van der Waals surface area contributed by atoms with Gasteiger partial charge in [-0.25, -0.2) is 10.4 Å². The van der Waals surface area contributed by atoms with Gasteiger partial charge in [0.2, 0.25) is 5.90 Å². The molecule has 7 nitrogen and oxygen atoms in total. The Hall–Kier alpha value is -3.61. The van der Waals surface area contributed by atoms with E-state index in [-0.39, 0.29) is 30.5 Å². The summed E-state index contributed by atoms with van der Waals surface area (Å²) in [4.78, 5) is 19.3. The molecule has 0 bridgehead atoms. The molecule has 0 radical (unpaired) electrons. The number of hydrogen-bond acceptors (Lipinski definition) is 6. The molecule has 1 amide bonds. The van der Waals surface area contributed by atoms with Crippen molar-refractivity contribution >= 4 is 50.9 Å². The monoisotopic (exact) mass is 749 g/mol. The SMILES string of the molecule is O=C(NNCc1cccc(C(F)(F)F)c1)[C@@]1(Cc2ccccc2Br)N=C(c2ccc(OCCCO)cc2)O[C@H]1c1ccc(Cl)cc1Cl. The molecule has 0 spiro atoms. The first-order chi connectivity index (χ1) is 22.5. The zero-order valence-corrected chi connectivity index (χ0v) is 27.8. The van der Waals surface area contributed by atoms with Crippen molar-refractivity contribution in [2.45, 2.75) is 37.2 Å². The molecule has 0 aromatic heterocycles. The van der Waals surface area contributed by atoms with Gasteiger partial charge in [-0.2, -0.15) is 13.2 Å². The summed E-state index contributed by atoms with van der Waals surface area (Å²) in [6.07, 6.45) is -5.01. The highest BCUT2D eigenvalue weighted by molar-refractivity contribution is 9.10. The van der Waals surface area contributed by atoms with Gasteiger partial charge in [-0.05, 0) is 59.7 Å². The molecule has 1 aliphatic rings. The van der Waals surface area contributed by atoms with Gasteiger partial charge in [-0.15, -0.1) is 0 Å². The zero-order chi connectivity index (χ0) is 33.6. The van der Waals surface area contributed by atoms with Gasteiger partial charge in [0, 0.05) is 51.6 Å². The number of aliphatic hydroxyl groups is 1. The molecule has 1 aliphatic heterocycles. The Balaban J connectivity index is 1.53. The first kappa shape index (κ1) is 34.7. The van der Waals surface area contributed by atoms with Crippen molar-refractivity contribution < 1.29 is 32.5 Å². The van der Waals surface area contributed by atoms with E-state index < -0.39 is 29.3 Å². The number of halogens is 6. The fourth-order valence-corrected chi connectivity index (χ4v) is 6.03. The number of aliphatic imine (C=N–C) groups is 1. The van der Waals surface area contributed by atoms with E-state index in [0.717, 1.165) is 22.2 Å². The fraction of sp³-hybridized carbons (Fsp3) is 0.235. The number of benzene rings is 4. The Morgan fingerprint density at radius 1 is 1.02 bits per heavy atom. The molecular formula is C34H29BrCl2F3N3O4. The number of carbonyl (C=O) groups is 1. The van der Waals surface area contributed by atoms with Crippen molar-refractivity contribution in [2.24, 2.45) is 4.99 Å². The molecule has 47 heavy (non-hydrogen) atoms. The lowest BCUT2D eigenvalue weighted by molar-refractivity contribution is -0.137. The lowest BCUT2D eigenvalue weighted by Gasteiger charge is -2.31. The number of amides is 1. The highest BCUT2D eigenvalue weighted by atomic mass is 79.9. The van der Waals surface area contributed by atoms with Gasteiger partial charge in [-0.1, -0.05) is 81.6 Å². The molecular weight excluding hydrogens is 722 g/mol. The van der Waals surface area contributed by atoms with Crippen molar-refractivity contribution in [3.8, 4) is 5.75 Å². The number of ether oxygens (including phenoxy) is 2. The minimum Gasteiger partial charge on any atom is -0.494 e. The summed E-state index contributed by atoms with van der Waals surface area (Å²) < 4.78 is 52.7. The Morgan fingerprint density at radius 2 is 1.79 bits per heavy atom. The van der Waals surface area contributed by atoms with Crippen molar-refractivity contribution in [3.63, 3.8) is 0 Å². The topological polar surface area (TPSA) is 92.2 Å². The molecule has 13 heteroatoms. The maximum atomic E-state index is 14.4. The first-order valence-electron chi connectivity index (χ1n) is 14.5. The second kappa shape index (κ2) is 15.1. The molecule has 0 fully saturated rings. The highest BCUT2D eigenvalue weighted by Gasteiger charge is 2.54. The van der Waals surface area contributed by atoms with Crippen LogP contribution in [0.2, 0.25) is 10.0 Å². The van der Waals surface area contributed by atoms with E-state index in [2.05, 4.69) is 26.8 Å². The van der Waals surface area contributed by atoms with Crippen molar-refractivity contribution in [2.75, 3.05) is 13.2 Å². The normalized spacial score (nSPS) is 17.6. The summed E-state index contributed by atoms with van der Waals surface area (Å²) in [5.74, 6) is 0.146. The maximum absolute atomic E-state index is 14.4. The van der Waals surface area contributed by atoms with E-state index >= 15 is 0 Å². The molecule has 0 saturated heterocycles. The molecule has 0 unspecified atom stereocenters. The van der Waals surface area contributed by atoms with E-state index in [1.165, 1.54) is 12.1 Å². The fourth-order valence-electron chi connectivity index (χ4n) is 5.10. The predicted octanol–water partition coefficient (Wildman–Crippen LogP) is 7.86. The Kier molecular flexibility index (Phi) is 11.1. The third-order valence-electron chi connectivity index (χ3n) is 7.44. The van der Waals surface area contributed by atoms with Crippen LogP contribution in [0, 0.1) is 0 Å². The number of hydrogen-bond donors (Lipinski definition) is 3. The average Bonchev–Trinajstić information content (AvgIpc) is 3.42. The molecule has 4 aromatic rings. The van der Waals surface area contributed by atoms with Gasteiger partial charge >= 0.3 is 6.18 Å². The number of carbonyl (C=O) groups excluding carboxylic acids is 1.